The molecular formula is C12H13FN4O2. The van der Waals surface area contributed by atoms with Crippen LogP contribution in [0.15, 0.2) is 24.3 Å². The van der Waals surface area contributed by atoms with E-state index in [1.807, 2.05) is 0 Å². The molecule has 4 N–H and O–H groups in total. The summed E-state index contributed by atoms with van der Waals surface area (Å²) >= 11 is 0. The molecule has 3 amide bonds. The number of amidine groups is 1. The van der Waals surface area contributed by atoms with Gasteiger partial charge in [0.05, 0.1) is 5.84 Å². The zero-order chi connectivity index (χ0) is 14.0. The van der Waals surface area contributed by atoms with Crippen LogP contribution >= 0.6 is 0 Å². The summed E-state index contributed by atoms with van der Waals surface area (Å²) in [5, 5.41) is 9.61. The van der Waals surface area contributed by atoms with E-state index in [4.69, 9.17) is 11.1 Å². The van der Waals surface area contributed by atoms with Crippen molar-refractivity contribution in [1.29, 1.82) is 5.41 Å². The van der Waals surface area contributed by atoms with E-state index in [1.54, 1.807) is 0 Å². The van der Waals surface area contributed by atoms with Gasteiger partial charge in [0.2, 0.25) is 0 Å². The Bertz CT molecular complexity index is 529. The smallest absolute Gasteiger partial charge is 0.325 e. The molecule has 1 fully saturated rings. The largest absolute Gasteiger partial charge is 0.388 e. The van der Waals surface area contributed by atoms with E-state index in [0.29, 0.717) is 5.56 Å². The van der Waals surface area contributed by atoms with Gasteiger partial charge in [-0.3, -0.25) is 15.1 Å². The quantitative estimate of drug-likeness (QED) is 0.425. The Labute approximate surface area is 108 Å². The number of rotatable bonds is 4. The number of halogens is 1. The molecule has 1 aromatic rings. The molecule has 7 heteroatoms. The number of carbonyl (C=O) groups is 2. The molecule has 1 heterocycles. The summed E-state index contributed by atoms with van der Waals surface area (Å²) in [5.74, 6) is -0.919. The molecule has 0 bridgehead atoms. The van der Waals surface area contributed by atoms with Crippen molar-refractivity contribution >= 4 is 17.8 Å². The molecule has 0 saturated carbocycles. The Kier molecular flexibility index (Phi) is 3.46. The standard InChI is InChI=1S/C12H13FN4O2/c13-8-3-1-7(2-4-8)10-11(18)17(12(19)16-10)6-5-9(14)15/h1-4,10H,5-6H2,(H3,14,15)(H,16,19). The molecule has 6 nitrogen and oxygen atoms in total. The van der Waals surface area contributed by atoms with Crippen LogP contribution in [0, 0.1) is 11.2 Å². The number of benzene rings is 1. The van der Waals surface area contributed by atoms with Gasteiger partial charge in [0, 0.05) is 13.0 Å². The predicted molar refractivity (Wildman–Crippen MR) is 65.9 cm³/mol. The van der Waals surface area contributed by atoms with Gasteiger partial charge in [-0.25, -0.2) is 9.18 Å². The fraction of sp³-hybridized carbons (Fsp3) is 0.250. The highest BCUT2D eigenvalue weighted by molar-refractivity contribution is 6.04. The van der Waals surface area contributed by atoms with Crippen LogP contribution in [0.5, 0.6) is 0 Å². The minimum Gasteiger partial charge on any atom is -0.388 e. The fourth-order valence-corrected chi connectivity index (χ4v) is 1.84. The molecule has 0 aromatic heterocycles. The SMILES string of the molecule is N=C(N)CCN1C(=O)NC(c2ccc(F)cc2)C1=O. The summed E-state index contributed by atoms with van der Waals surface area (Å²) in [6.07, 6.45) is 0.134. The van der Waals surface area contributed by atoms with Gasteiger partial charge in [0.15, 0.2) is 0 Å². The number of nitrogens with zero attached hydrogens (tertiary/aromatic N) is 1. The average Bonchev–Trinajstić information content (AvgIpc) is 2.63. The van der Waals surface area contributed by atoms with Crippen molar-refractivity contribution in [3.8, 4) is 0 Å². The van der Waals surface area contributed by atoms with Crippen LogP contribution < -0.4 is 11.1 Å². The molecule has 0 aliphatic carbocycles. The van der Waals surface area contributed by atoms with Gasteiger partial charge in [0.1, 0.15) is 11.9 Å². The molecule has 1 aromatic carbocycles. The number of amides is 3. The third-order valence-electron chi connectivity index (χ3n) is 2.83. The van der Waals surface area contributed by atoms with E-state index >= 15 is 0 Å². The van der Waals surface area contributed by atoms with Gasteiger partial charge >= 0.3 is 6.03 Å². The summed E-state index contributed by atoms with van der Waals surface area (Å²) in [5.41, 5.74) is 5.71. The summed E-state index contributed by atoms with van der Waals surface area (Å²) in [6, 6.07) is 4.03. The van der Waals surface area contributed by atoms with Crippen molar-refractivity contribution in [3.05, 3.63) is 35.6 Å². The van der Waals surface area contributed by atoms with Gasteiger partial charge in [-0.1, -0.05) is 12.1 Å². The van der Waals surface area contributed by atoms with Crippen LogP contribution in [0.4, 0.5) is 9.18 Å². The first-order valence-corrected chi connectivity index (χ1v) is 5.69. The number of hydrogen-bond acceptors (Lipinski definition) is 3. The van der Waals surface area contributed by atoms with E-state index in [-0.39, 0.29) is 18.8 Å². The van der Waals surface area contributed by atoms with Crippen LogP contribution in [0.2, 0.25) is 0 Å². The second kappa shape index (κ2) is 5.05. The number of nitrogens with two attached hydrogens (primary N) is 1. The fourth-order valence-electron chi connectivity index (χ4n) is 1.84. The highest BCUT2D eigenvalue weighted by Crippen LogP contribution is 2.22. The van der Waals surface area contributed by atoms with Crippen LogP contribution in [0.3, 0.4) is 0 Å². The Morgan fingerprint density at radius 3 is 2.58 bits per heavy atom. The highest BCUT2D eigenvalue weighted by atomic mass is 19.1. The zero-order valence-corrected chi connectivity index (χ0v) is 10.0. The van der Waals surface area contributed by atoms with Crippen molar-refractivity contribution < 1.29 is 14.0 Å². The Morgan fingerprint density at radius 2 is 2.00 bits per heavy atom. The number of nitrogens with one attached hydrogen (secondary N) is 2. The Hall–Kier alpha value is -2.44. The van der Waals surface area contributed by atoms with Crippen molar-refractivity contribution in [2.45, 2.75) is 12.5 Å². The predicted octanol–water partition coefficient (Wildman–Crippen LogP) is 0.745. The number of carbonyl (C=O) groups excluding carboxylic acids is 2. The Morgan fingerprint density at radius 1 is 1.37 bits per heavy atom. The Balaban J connectivity index is 2.13. The first kappa shape index (κ1) is 13.0. The summed E-state index contributed by atoms with van der Waals surface area (Å²) in [6.45, 7) is 0.0672. The lowest BCUT2D eigenvalue weighted by Crippen LogP contribution is -2.33. The van der Waals surface area contributed by atoms with Crippen LogP contribution in [-0.2, 0) is 4.79 Å². The topological polar surface area (TPSA) is 99.3 Å². The van der Waals surface area contributed by atoms with E-state index < -0.39 is 23.8 Å². The van der Waals surface area contributed by atoms with Gasteiger partial charge in [-0.2, -0.15) is 0 Å². The summed E-state index contributed by atoms with van der Waals surface area (Å²) < 4.78 is 12.8. The molecule has 19 heavy (non-hydrogen) atoms. The molecule has 0 radical (unpaired) electrons. The number of urea groups is 1. The van der Waals surface area contributed by atoms with E-state index in [9.17, 15) is 14.0 Å². The molecule has 1 aliphatic rings. The van der Waals surface area contributed by atoms with Gasteiger partial charge in [0.25, 0.3) is 5.91 Å². The molecule has 1 atom stereocenters. The van der Waals surface area contributed by atoms with Gasteiger partial charge < -0.3 is 11.1 Å². The van der Waals surface area contributed by atoms with E-state index in [2.05, 4.69) is 5.32 Å². The van der Waals surface area contributed by atoms with Crippen LogP contribution in [0.1, 0.15) is 18.0 Å². The molecule has 100 valence electrons. The van der Waals surface area contributed by atoms with Crippen LogP contribution in [-0.4, -0.2) is 29.2 Å². The first-order valence-electron chi connectivity index (χ1n) is 5.69. The van der Waals surface area contributed by atoms with Crippen LogP contribution in [0.25, 0.3) is 0 Å². The lowest BCUT2D eigenvalue weighted by molar-refractivity contribution is -0.127. The minimum absolute atomic E-state index is 0.0672. The molecular weight excluding hydrogens is 251 g/mol. The normalized spacial score (nSPS) is 18.6. The monoisotopic (exact) mass is 264 g/mol. The second-order valence-electron chi connectivity index (χ2n) is 4.20. The molecule has 1 saturated heterocycles. The summed E-state index contributed by atoms with van der Waals surface area (Å²) in [7, 11) is 0. The summed E-state index contributed by atoms with van der Waals surface area (Å²) in [4.78, 5) is 24.7. The highest BCUT2D eigenvalue weighted by Gasteiger charge is 2.38. The third kappa shape index (κ3) is 2.70. The number of hydrogen-bond donors (Lipinski definition) is 3. The van der Waals surface area contributed by atoms with Crippen molar-refractivity contribution in [1.82, 2.24) is 10.2 Å². The maximum Gasteiger partial charge on any atom is 0.325 e. The second-order valence-corrected chi connectivity index (χ2v) is 4.20. The molecule has 1 aliphatic heterocycles. The van der Waals surface area contributed by atoms with Gasteiger partial charge in [-0.05, 0) is 17.7 Å². The zero-order valence-electron chi connectivity index (χ0n) is 10.0. The molecule has 1 unspecified atom stereocenters. The lowest BCUT2D eigenvalue weighted by atomic mass is 10.1. The first-order chi connectivity index (χ1) is 8.99. The average molecular weight is 264 g/mol. The van der Waals surface area contributed by atoms with Crippen molar-refractivity contribution in [2.75, 3.05) is 6.54 Å². The van der Waals surface area contributed by atoms with Crippen molar-refractivity contribution in [2.24, 2.45) is 5.73 Å². The molecule has 2 rings (SSSR count). The van der Waals surface area contributed by atoms with Gasteiger partial charge in [-0.15, -0.1) is 0 Å². The van der Waals surface area contributed by atoms with E-state index in [0.717, 1.165) is 4.90 Å². The minimum atomic E-state index is -0.806. The third-order valence-corrected chi connectivity index (χ3v) is 2.83. The number of imide groups is 1. The molecule has 0 spiro atoms. The van der Waals surface area contributed by atoms with Crippen molar-refractivity contribution in [3.63, 3.8) is 0 Å². The maximum atomic E-state index is 12.8. The maximum absolute atomic E-state index is 12.8. The van der Waals surface area contributed by atoms with E-state index in [1.165, 1.54) is 24.3 Å². The lowest BCUT2D eigenvalue weighted by Gasteiger charge is -2.12.